The minimum atomic E-state index is -6.39. The predicted octanol–water partition coefficient (Wildman–Crippen LogP) is 6.14. The fourth-order valence-corrected chi connectivity index (χ4v) is 10.4. The number of likely N-dealkylation sites (tertiary alicyclic amines) is 1. The van der Waals surface area contributed by atoms with Crippen LogP contribution >= 0.6 is 0 Å². The van der Waals surface area contributed by atoms with Crippen LogP contribution in [0, 0.1) is 11.2 Å². The third kappa shape index (κ3) is 4.63. The Hall–Kier alpha value is -3.27. The topological polar surface area (TPSA) is 101 Å². The Morgan fingerprint density at radius 3 is 2.04 bits per heavy atom. The molecule has 0 radical (unpaired) electrons. The number of fused-ring (bicyclic) bond motifs is 6. The fraction of sp³-hybridized carbons (Fsp3) is 0.548. The second-order valence-electron chi connectivity index (χ2n) is 12.9. The van der Waals surface area contributed by atoms with E-state index >= 15 is 4.39 Å². The van der Waals surface area contributed by atoms with Gasteiger partial charge in [0.15, 0.2) is 9.84 Å². The zero-order valence-corrected chi connectivity index (χ0v) is 25.4. The normalized spacial score (nSPS) is 29.6. The molecular formula is C31H29F8NO6S. The van der Waals surface area contributed by atoms with E-state index in [4.69, 9.17) is 4.74 Å². The van der Waals surface area contributed by atoms with E-state index in [9.17, 15) is 53.8 Å². The molecule has 2 aromatic rings. The number of rotatable bonds is 5. The Morgan fingerprint density at radius 1 is 0.894 bits per heavy atom. The molecule has 0 unspecified atom stereocenters. The third-order valence-corrected chi connectivity index (χ3v) is 13.2. The van der Waals surface area contributed by atoms with Crippen molar-refractivity contribution >= 4 is 21.7 Å². The van der Waals surface area contributed by atoms with Crippen molar-refractivity contribution in [3.8, 4) is 0 Å². The van der Waals surface area contributed by atoms with E-state index < -0.39 is 77.8 Å². The number of carboxylic acids is 1. The van der Waals surface area contributed by atoms with Gasteiger partial charge in [-0.1, -0.05) is 18.2 Å². The van der Waals surface area contributed by atoms with Crippen LogP contribution in [0.2, 0.25) is 0 Å². The summed E-state index contributed by atoms with van der Waals surface area (Å²) in [5, 5.41) is 9.72. The van der Waals surface area contributed by atoms with Gasteiger partial charge in [0, 0.05) is 12.1 Å². The molecule has 4 fully saturated rings. The van der Waals surface area contributed by atoms with Crippen molar-refractivity contribution in [3.63, 3.8) is 0 Å². The molecule has 0 spiro atoms. The summed E-state index contributed by atoms with van der Waals surface area (Å²) in [5.41, 5.74) is -10.5. The molecule has 1 amide bonds. The molecule has 7 rings (SSSR count). The van der Waals surface area contributed by atoms with Crippen LogP contribution in [0.1, 0.15) is 61.6 Å². The van der Waals surface area contributed by atoms with Gasteiger partial charge < -0.3 is 14.7 Å². The average molecular weight is 696 g/mol. The largest absolute Gasteiger partial charge is 0.481 e. The van der Waals surface area contributed by atoms with Gasteiger partial charge in [0.1, 0.15) is 16.2 Å². The van der Waals surface area contributed by atoms with Crippen molar-refractivity contribution in [2.75, 3.05) is 13.2 Å². The van der Waals surface area contributed by atoms with Crippen LogP contribution in [0.5, 0.6) is 0 Å². The first-order valence-electron chi connectivity index (χ1n) is 14.9. The number of aryl methyl sites for hydroxylation is 1. The summed E-state index contributed by atoms with van der Waals surface area (Å²) >= 11 is 0. The van der Waals surface area contributed by atoms with Crippen molar-refractivity contribution in [3.05, 3.63) is 65.0 Å². The first kappa shape index (κ1) is 33.6. The number of benzene rings is 2. The molecule has 2 atom stereocenters. The number of carbonyl (C=O) groups is 2. The zero-order chi connectivity index (χ0) is 34.4. The van der Waals surface area contributed by atoms with Gasteiger partial charge >= 0.3 is 24.0 Å². The van der Waals surface area contributed by atoms with E-state index in [1.165, 1.54) is 4.90 Å². The van der Waals surface area contributed by atoms with E-state index in [1.54, 1.807) is 0 Å². The number of aliphatic carboxylic acids is 1. The van der Waals surface area contributed by atoms with Crippen molar-refractivity contribution in [1.82, 2.24) is 4.90 Å². The van der Waals surface area contributed by atoms with Gasteiger partial charge in [-0.25, -0.2) is 17.2 Å². The molecule has 47 heavy (non-hydrogen) atoms. The van der Waals surface area contributed by atoms with Crippen LogP contribution in [-0.4, -0.2) is 67.4 Å². The minimum Gasteiger partial charge on any atom is -0.481 e. The molecule has 1 N–H and O–H groups in total. The Bertz CT molecular complexity index is 1690. The van der Waals surface area contributed by atoms with E-state index in [-0.39, 0.29) is 81.7 Å². The molecule has 3 heterocycles. The molecule has 16 heteroatoms. The second-order valence-corrected chi connectivity index (χ2v) is 15.1. The van der Waals surface area contributed by atoms with Crippen LogP contribution in [0.3, 0.4) is 0 Å². The van der Waals surface area contributed by atoms with Crippen LogP contribution in [0.4, 0.5) is 35.1 Å². The number of carboxylic acid groups (broad SMARTS) is 1. The number of nitrogens with zero attached hydrogens (tertiary/aromatic N) is 1. The lowest BCUT2D eigenvalue weighted by atomic mass is 9.65. The molecule has 0 aromatic heterocycles. The number of carbonyl (C=O) groups excluding carboxylic acids is 1. The quantitative estimate of drug-likeness (QED) is 0.298. The number of hydrogen-bond acceptors (Lipinski definition) is 5. The predicted molar refractivity (Wildman–Crippen MR) is 147 cm³/mol. The van der Waals surface area contributed by atoms with Crippen LogP contribution in [0.15, 0.2) is 47.4 Å². The highest BCUT2D eigenvalue weighted by atomic mass is 32.2. The zero-order valence-electron chi connectivity index (χ0n) is 24.6. The maximum atomic E-state index is 15.1. The highest BCUT2D eigenvalue weighted by molar-refractivity contribution is 7.92. The number of ether oxygens (including phenoxy) is 1. The molecule has 2 bridgehead atoms. The summed E-state index contributed by atoms with van der Waals surface area (Å²) in [4.78, 5) is 27.1. The summed E-state index contributed by atoms with van der Waals surface area (Å²) in [7, 11) is -4.67. The number of amides is 1. The second kappa shape index (κ2) is 10.6. The Kier molecular flexibility index (Phi) is 7.59. The van der Waals surface area contributed by atoms with Gasteiger partial charge in [0.05, 0.1) is 23.0 Å². The smallest absolute Gasteiger partial charge is 0.435 e. The molecule has 2 aromatic carbocycles. The number of halogens is 8. The first-order valence-corrected chi connectivity index (χ1v) is 16.4. The lowest BCUT2D eigenvalue weighted by molar-refractivity contribution is -0.348. The molecule has 3 aliphatic heterocycles. The SMILES string of the molecule is O=C(O)C12CCC(C(=O)N3CC[C@]4(S(=O)(=O)c5ccc(F)cc5)c5ccc(C(F)(C(F)(F)F)C(F)(F)F)cc5CCC[C@H]34)(CC1)OC2. The lowest BCUT2D eigenvalue weighted by Crippen LogP contribution is -2.62. The van der Waals surface area contributed by atoms with E-state index in [1.807, 2.05) is 0 Å². The van der Waals surface area contributed by atoms with Gasteiger partial charge in [0.25, 0.3) is 5.91 Å². The monoisotopic (exact) mass is 695 g/mol. The average Bonchev–Trinajstić information content (AvgIpc) is 3.32. The number of sulfone groups is 1. The van der Waals surface area contributed by atoms with Gasteiger partial charge in [0.2, 0.25) is 0 Å². The third-order valence-electron chi connectivity index (χ3n) is 10.6. The standard InChI is InChI=1S/C31H29F8NO6S/c32-20-5-7-21(8-6-20)47(44,45)28-14-15-40(24(41)27-12-10-26(11-13-27,17-46-27)25(42)43)23(28)3-1-2-18-16-19(4-9-22(18)28)29(33,30(34,35)36)31(37,38)39/h4-9,16,23H,1-3,10-15,17H2,(H,42,43)/t23-,26?,27?,28-/m0/s1. The van der Waals surface area contributed by atoms with Crippen molar-refractivity contribution < 1.29 is 63.0 Å². The molecule has 3 saturated heterocycles. The van der Waals surface area contributed by atoms with Crippen molar-refractivity contribution in [1.29, 1.82) is 0 Å². The summed E-state index contributed by atoms with van der Waals surface area (Å²) in [6.07, 6.45) is -13.0. The molecule has 1 saturated carbocycles. The Balaban J connectivity index is 1.50. The highest BCUT2D eigenvalue weighted by Gasteiger charge is 2.74. The molecular weight excluding hydrogens is 666 g/mol. The van der Waals surface area contributed by atoms with Crippen LogP contribution < -0.4 is 0 Å². The molecule has 5 aliphatic rings. The van der Waals surface area contributed by atoms with Gasteiger partial charge in [-0.05, 0) is 86.8 Å². The maximum absolute atomic E-state index is 15.1. The van der Waals surface area contributed by atoms with E-state index in [2.05, 4.69) is 0 Å². The summed E-state index contributed by atoms with van der Waals surface area (Å²) < 4.78 is 144. The van der Waals surface area contributed by atoms with Gasteiger partial charge in [-0.15, -0.1) is 0 Å². The highest BCUT2D eigenvalue weighted by Crippen LogP contribution is 2.57. The van der Waals surface area contributed by atoms with Crippen molar-refractivity contribution in [2.45, 2.75) is 90.7 Å². The molecule has 2 aliphatic carbocycles. The summed E-state index contributed by atoms with van der Waals surface area (Å²) in [6, 6.07) is 3.99. The lowest BCUT2D eigenvalue weighted by Gasteiger charge is -2.51. The van der Waals surface area contributed by atoms with E-state index in [0.29, 0.717) is 6.07 Å². The van der Waals surface area contributed by atoms with Crippen molar-refractivity contribution in [2.24, 2.45) is 5.41 Å². The minimum absolute atomic E-state index is 0.0128. The van der Waals surface area contributed by atoms with Gasteiger partial charge in [-0.2, -0.15) is 26.3 Å². The fourth-order valence-electron chi connectivity index (χ4n) is 8.00. The van der Waals surface area contributed by atoms with Gasteiger partial charge in [-0.3, -0.25) is 9.59 Å². The molecule has 7 nitrogen and oxygen atoms in total. The van der Waals surface area contributed by atoms with Crippen LogP contribution in [-0.2, 0) is 41.0 Å². The molecule has 256 valence electrons. The maximum Gasteiger partial charge on any atom is 0.435 e. The number of hydrogen-bond donors (Lipinski definition) is 1. The summed E-state index contributed by atoms with van der Waals surface area (Å²) in [5.74, 6) is -2.42. The van der Waals surface area contributed by atoms with E-state index in [0.717, 1.165) is 30.3 Å². The number of alkyl halides is 7. The summed E-state index contributed by atoms with van der Waals surface area (Å²) in [6.45, 7) is -0.431. The van der Waals surface area contributed by atoms with Crippen LogP contribution in [0.25, 0.3) is 0 Å². The Labute approximate surface area is 263 Å². The first-order chi connectivity index (χ1) is 21.8. The Morgan fingerprint density at radius 2 is 1.51 bits per heavy atom.